The number of thioether (sulfide) groups is 1. The van der Waals surface area contributed by atoms with Gasteiger partial charge in [0, 0.05) is 6.54 Å². The molecule has 24 heavy (non-hydrogen) atoms. The normalized spacial score (nSPS) is 16.9. The lowest BCUT2D eigenvalue weighted by Gasteiger charge is -2.11. The van der Waals surface area contributed by atoms with Gasteiger partial charge in [0.1, 0.15) is 0 Å². The number of carbonyl (C=O) groups is 1. The van der Waals surface area contributed by atoms with E-state index in [9.17, 15) is 4.79 Å². The largest absolute Gasteiger partial charge is 0.289 e. The molecule has 1 aliphatic heterocycles. The first-order chi connectivity index (χ1) is 11.7. The topological polar surface area (TPSA) is 45.0 Å². The Morgan fingerprint density at radius 2 is 1.75 bits per heavy atom. The summed E-state index contributed by atoms with van der Waals surface area (Å²) in [6.45, 7) is 4.50. The second-order valence-electron chi connectivity index (χ2n) is 5.44. The Kier molecular flexibility index (Phi) is 5.11. The van der Waals surface area contributed by atoms with Gasteiger partial charge in [-0.3, -0.25) is 9.69 Å². The Hall–Kier alpha value is -2.40. The average Bonchev–Trinajstić information content (AvgIpc) is 3.00. The van der Waals surface area contributed by atoms with Crippen molar-refractivity contribution < 1.29 is 4.79 Å². The number of carbonyl (C=O) groups excluding carboxylic acids is 1. The lowest BCUT2D eigenvalue weighted by atomic mass is 10.0. The molecule has 0 aromatic heterocycles. The van der Waals surface area contributed by atoms with Gasteiger partial charge in [0.25, 0.3) is 0 Å². The molecule has 4 nitrogen and oxygen atoms in total. The molecule has 122 valence electrons. The van der Waals surface area contributed by atoms with Crippen LogP contribution in [0.4, 0.5) is 0 Å². The third-order valence-corrected chi connectivity index (χ3v) is 4.82. The second kappa shape index (κ2) is 7.45. The van der Waals surface area contributed by atoms with Crippen molar-refractivity contribution in [1.29, 1.82) is 0 Å². The highest BCUT2D eigenvalue weighted by atomic mass is 32.2. The van der Waals surface area contributed by atoms with Crippen molar-refractivity contribution in [3.05, 3.63) is 60.2 Å². The van der Waals surface area contributed by atoms with E-state index in [-0.39, 0.29) is 5.91 Å². The summed E-state index contributed by atoms with van der Waals surface area (Å²) in [5.41, 5.74) is 4.22. The summed E-state index contributed by atoms with van der Waals surface area (Å²) >= 11 is 1.44. The number of hydrogen-bond donors (Lipinski definition) is 0. The number of benzene rings is 2. The predicted octanol–water partition coefficient (Wildman–Crippen LogP) is 4.03. The van der Waals surface area contributed by atoms with Crippen LogP contribution in [0.2, 0.25) is 0 Å². The molecule has 3 rings (SSSR count). The van der Waals surface area contributed by atoms with E-state index < -0.39 is 0 Å². The molecular formula is C19H19N3OS. The first-order valence-electron chi connectivity index (χ1n) is 7.90. The Bertz CT molecular complexity index is 782. The average molecular weight is 337 g/mol. The van der Waals surface area contributed by atoms with Crippen LogP contribution in [0, 0.1) is 0 Å². The highest BCUT2D eigenvalue weighted by molar-refractivity contribution is 8.15. The minimum absolute atomic E-state index is 0.0984. The molecular weight excluding hydrogens is 318 g/mol. The van der Waals surface area contributed by atoms with Crippen LogP contribution in [0.3, 0.4) is 0 Å². The molecule has 2 aromatic carbocycles. The fourth-order valence-electron chi connectivity index (χ4n) is 2.49. The van der Waals surface area contributed by atoms with Crippen LogP contribution >= 0.6 is 11.8 Å². The van der Waals surface area contributed by atoms with E-state index >= 15 is 0 Å². The monoisotopic (exact) mass is 337 g/mol. The smallest absolute Gasteiger partial charge is 0.239 e. The van der Waals surface area contributed by atoms with E-state index in [1.54, 1.807) is 4.90 Å². The van der Waals surface area contributed by atoms with Crippen LogP contribution in [0.1, 0.15) is 19.4 Å². The van der Waals surface area contributed by atoms with Gasteiger partial charge >= 0.3 is 0 Å². The summed E-state index contributed by atoms with van der Waals surface area (Å²) in [5, 5.41) is 9.24. The number of rotatable bonds is 4. The number of hydrogen-bond acceptors (Lipinski definition) is 4. The molecule has 2 aromatic rings. The summed E-state index contributed by atoms with van der Waals surface area (Å²) < 4.78 is 0. The van der Waals surface area contributed by atoms with Crippen LogP contribution in [-0.2, 0) is 4.79 Å². The van der Waals surface area contributed by atoms with Gasteiger partial charge in [0.05, 0.1) is 11.5 Å². The Balaban J connectivity index is 1.78. The molecule has 0 radical (unpaired) electrons. The molecule has 0 saturated carbocycles. The van der Waals surface area contributed by atoms with Crippen LogP contribution in [0.25, 0.3) is 11.1 Å². The van der Waals surface area contributed by atoms with E-state index in [0.717, 1.165) is 11.3 Å². The molecule has 0 atom stereocenters. The van der Waals surface area contributed by atoms with E-state index in [2.05, 4.69) is 34.5 Å². The van der Waals surface area contributed by atoms with Crippen LogP contribution in [-0.4, -0.2) is 34.0 Å². The molecule has 1 aliphatic rings. The summed E-state index contributed by atoms with van der Waals surface area (Å²) in [5.74, 6) is 0.550. The Labute approximate surface area is 146 Å². The molecule has 1 heterocycles. The maximum absolute atomic E-state index is 11.7. The minimum atomic E-state index is 0.0984. The van der Waals surface area contributed by atoms with Crippen molar-refractivity contribution in [1.82, 2.24) is 4.90 Å². The van der Waals surface area contributed by atoms with Crippen molar-refractivity contribution in [3.8, 4) is 11.1 Å². The second-order valence-corrected chi connectivity index (χ2v) is 6.38. The van der Waals surface area contributed by atoms with Gasteiger partial charge in [-0.25, -0.2) is 0 Å². The van der Waals surface area contributed by atoms with Gasteiger partial charge in [0.2, 0.25) is 5.91 Å². The number of nitrogens with zero attached hydrogens (tertiary/aromatic N) is 3. The van der Waals surface area contributed by atoms with Crippen molar-refractivity contribution >= 4 is 28.5 Å². The van der Waals surface area contributed by atoms with Gasteiger partial charge in [-0.2, -0.15) is 5.10 Å². The first kappa shape index (κ1) is 16.5. The Morgan fingerprint density at radius 1 is 1.08 bits per heavy atom. The molecule has 0 unspecified atom stereocenters. The van der Waals surface area contributed by atoms with Gasteiger partial charge < -0.3 is 0 Å². The number of amidine groups is 1. The minimum Gasteiger partial charge on any atom is -0.289 e. The van der Waals surface area contributed by atoms with Crippen LogP contribution in [0.15, 0.2) is 64.8 Å². The SMILES string of the molecule is CCN1C(=O)CS/C1=N\N=C(/C)c1ccc(-c2ccccc2)cc1. The Morgan fingerprint density at radius 3 is 2.42 bits per heavy atom. The molecule has 1 fully saturated rings. The van der Waals surface area contributed by atoms with E-state index in [4.69, 9.17) is 0 Å². The lowest BCUT2D eigenvalue weighted by molar-refractivity contribution is -0.123. The molecule has 1 amide bonds. The highest BCUT2D eigenvalue weighted by Crippen LogP contribution is 2.21. The molecule has 1 saturated heterocycles. The molecule has 5 heteroatoms. The fraction of sp³-hybridized carbons (Fsp3) is 0.211. The summed E-state index contributed by atoms with van der Waals surface area (Å²) in [4.78, 5) is 13.3. The third-order valence-electron chi connectivity index (χ3n) is 3.87. The molecule has 0 aliphatic carbocycles. The highest BCUT2D eigenvalue weighted by Gasteiger charge is 2.26. The predicted molar refractivity (Wildman–Crippen MR) is 101 cm³/mol. The van der Waals surface area contributed by atoms with E-state index in [1.807, 2.05) is 44.2 Å². The quantitative estimate of drug-likeness (QED) is 0.624. The van der Waals surface area contributed by atoms with Gasteiger partial charge in [-0.05, 0) is 30.5 Å². The molecule has 0 bridgehead atoms. The third kappa shape index (κ3) is 3.57. The zero-order valence-corrected chi connectivity index (χ0v) is 14.6. The van der Waals surface area contributed by atoms with Crippen LogP contribution in [0.5, 0.6) is 0 Å². The molecule has 0 N–H and O–H groups in total. The van der Waals surface area contributed by atoms with Crippen molar-refractivity contribution in [2.24, 2.45) is 10.2 Å². The standard InChI is InChI=1S/C19H19N3OS/c1-3-22-18(23)13-24-19(22)21-20-14(2)15-9-11-17(12-10-15)16-7-5-4-6-8-16/h4-12H,3,13H2,1-2H3/b20-14+,21-19-. The maximum atomic E-state index is 11.7. The van der Waals surface area contributed by atoms with Gasteiger partial charge in [-0.15, -0.1) is 5.10 Å². The summed E-state index contributed by atoms with van der Waals surface area (Å²) in [7, 11) is 0. The van der Waals surface area contributed by atoms with Crippen LogP contribution < -0.4 is 0 Å². The van der Waals surface area contributed by atoms with Crippen molar-refractivity contribution in [3.63, 3.8) is 0 Å². The lowest BCUT2D eigenvalue weighted by Crippen LogP contribution is -2.28. The van der Waals surface area contributed by atoms with E-state index in [0.29, 0.717) is 17.5 Å². The van der Waals surface area contributed by atoms with Gasteiger partial charge in [0.15, 0.2) is 5.17 Å². The van der Waals surface area contributed by atoms with E-state index in [1.165, 1.54) is 22.9 Å². The number of amides is 1. The maximum Gasteiger partial charge on any atom is 0.239 e. The van der Waals surface area contributed by atoms with Crippen molar-refractivity contribution in [2.75, 3.05) is 12.3 Å². The zero-order valence-electron chi connectivity index (χ0n) is 13.8. The zero-order chi connectivity index (χ0) is 16.9. The summed E-state index contributed by atoms with van der Waals surface area (Å²) in [6.07, 6.45) is 0. The van der Waals surface area contributed by atoms with Gasteiger partial charge in [-0.1, -0.05) is 66.4 Å². The summed E-state index contributed by atoms with van der Waals surface area (Å²) in [6, 6.07) is 18.5. The van der Waals surface area contributed by atoms with Crippen molar-refractivity contribution in [2.45, 2.75) is 13.8 Å². The fourth-order valence-corrected chi connectivity index (χ4v) is 3.39. The molecule has 0 spiro atoms. The first-order valence-corrected chi connectivity index (χ1v) is 8.89.